The van der Waals surface area contributed by atoms with Crippen LogP contribution in [0.25, 0.3) is 6.08 Å². The monoisotopic (exact) mass is 709 g/mol. The van der Waals surface area contributed by atoms with E-state index in [9.17, 15) is 32.4 Å². The molecule has 13 nitrogen and oxygen atoms in total. The molecule has 270 valence electrons. The molecule has 3 N–H and O–H groups in total. The highest BCUT2D eigenvalue weighted by Gasteiger charge is 2.62. The molecule has 5 aliphatic rings. The summed E-state index contributed by atoms with van der Waals surface area (Å²) in [4.78, 5) is 71.5. The standard InChI is InChI=1S/C36H47N5O8S/c1-5-24-18-36(24,33(45)39-50(47,48)26-15-16-26)38-31(43)28-17-25-20-41(28)32(44)30(35(2,3)4)37-29(42)14-9-7-6-8-11-22-12-10-13-23-19-40(21-27(22)23)34(46)49-25/h5,8,10-13,24-26,28,30H,1,6-7,9,14-21H2,2-4H3,(H,37,42)(H,38,43)(H,39,45)/b11-8+/t24-,25?,28+,30-,36+/m1/s1. The first-order valence-corrected chi connectivity index (χ1v) is 19.0. The molecule has 0 radical (unpaired) electrons. The second-order valence-corrected chi connectivity index (χ2v) is 17.2. The summed E-state index contributed by atoms with van der Waals surface area (Å²) in [6.45, 7) is 9.80. The molecule has 50 heavy (non-hydrogen) atoms. The summed E-state index contributed by atoms with van der Waals surface area (Å²) in [5, 5.41) is 5.01. The number of rotatable bonds is 6. The number of sulfonamides is 1. The fourth-order valence-corrected chi connectivity index (χ4v) is 8.51. The van der Waals surface area contributed by atoms with Crippen molar-refractivity contribution in [1.29, 1.82) is 0 Å². The van der Waals surface area contributed by atoms with E-state index in [2.05, 4.69) is 28.0 Å². The normalized spacial score (nSPS) is 29.5. The number of ether oxygens (including phenoxy) is 1. The topological polar surface area (TPSA) is 171 Å². The van der Waals surface area contributed by atoms with Crippen molar-refractivity contribution in [1.82, 2.24) is 25.2 Å². The molecular weight excluding hydrogens is 662 g/mol. The Hall–Kier alpha value is -4.20. The van der Waals surface area contributed by atoms with E-state index >= 15 is 0 Å². The molecule has 3 heterocycles. The number of benzene rings is 1. The molecule has 3 fully saturated rings. The van der Waals surface area contributed by atoms with Gasteiger partial charge in [-0.05, 0) is 60.6 Å². The minimum atomic E-state index is -3.89. The van der Waals surface area contributed by atoms with E-state index in [4.69, 9.17) is 4.74 Å². The molecule has 3 aliphatic heterocycles. The van der Waals surface area contributed by atoms with E-state index < -0.39 is 74.1 Å². The number of allylic oxidation sites excluding steroid dienone is 1. The number of fused-ring (bicyclic) bond motifs is 3. The summed E-state index contributed by atoms with van der Waals surface area (Å²) in [6, 6.07) is 3.75. The smallest absolute Gasteiger partial charge is 0.410 e. The maximum Gasteiger partial charge on any atom is 0.410 e. The van der Waals surface area contributed by atoms with Gasteiger partial charge in [-0.3, -0.25) is 28.8 Å². The van der Waals surface area contributed by atoms with E-state index in [1.165, 1.54) is 11.0 Å². The first-order chi connectivity index (χ1) is 23.6. The Morgan fingerprint density at radius 2 is 1.88 bits per heavy atom. The lowest BCUT2D eigenvalue weighted by atomic mass is 9.85. The van der Waals surface area contributed by atoms with Crippen molar-refractivity contribution in [3.63, 3.8) is 0 Å². The molecule has 2 aliphatic carbocycles. The van der Waals surface area contributed by atoms with Crippen molar-refractivity contribution < 1.29 is 37.1 Å². The van der Waals surface area contributed by atoms with Crippen LogP contribution >= 0.6 is 0 Å². The summed E-state index contributed by atoms with van der Waals surface area (Å²) < 4.78 is 33.4. The minimum Gasteiger partial charge on any atom is -0.444 e. The Morgan fingerprint density at radius 1 is 1.12 bits per heavy atom. The lowest BCUT2D eigenvalue weighted by molar-refractivity contribution is -0.144. The van der Waals surface area contributed by atoms with E-state index in [1.807, 2.05) is 45.0 Å². The van der Waals surface area contributed by atoms with Crippen LogP contribution in [0.1, 0.15) is 88.8 Å². The van der Waals surface area contributed by atoms with E-state index in [1.54, 1.807) is 4.90 Å². The van der Waals surface area contributed by atoms with Crippen molar-refractivity contribution in [3.8, 4) is 0 Å². The number of carbonyl (C=O) groups is 5. The van der Waals surface area contributed by atoms with E-state index in [0.717, 1.165) is 29.5 Å². The third-order valence-corrected chi connectivity index (χ3v) is 12.2. The van der Waals surface area contributed by atoms with Gasteiger partial charge in [0.05, 0.1) is 18.3 Å². The summed E-state index contributed by atoms with van der Waals surface area (Å²) >= 11 is 0. The quantitative estimate of drug-likeness (QED) is 0.379. The maximum atomic E-state index is 14.4. The molecule has 1 saturated heterocycles. The van der Waals surface area contributed by atoms with Crippen molar-refractivity contribution >= 4 is 45.8 Å². The summed E-state index contributed by atoms with van der Waals surface area (Å²) in [7, 11) is -3.89. The molecule has 14 heteroatoms. The zero-order chi connectivity index (χ0) is 36.0. The summed E-state index contributed by atoms with van der Waals surface area (Å²) in [6.07, 6.45) is 7.52. The van der Waals surface area contributed by atoms with Crippen LogP contribution in [0.3, 0.4) is 0 Å². The Kier molecular flexibility index (Phi) is 9.61. The maximum absolute atomic E-state index is 14.4. The Bertz CT molecular complexity index is 1730. The molecule has 5 amide bonds. The second-order valence-electron chi connectivity index (χ2n) is 15.3. The SMILES string of the molecule is C=C[C@@H]1C[C@@]1(NC(=O)[C@@H]1CC2CN1C(=O)[C@H](C(C)(C)C)NC(=O)CCCC/C=C/c1cccc3c1CN(C3)C(=O)O2)C(=O)NS(=O)(=O)C1CC1. The van der Waals surface area contributed by atoms with Gasteiger partial charge in [0.2, 0.25) is 27.7 Å². The molecule has 0 spiro atoms. The molecule has 1 unspecified atom stereocenters. The first kappa shape index (κ1) is 35.6. The fraction of sp³-hybridized carbons (Fsp3) is 0.583. The highest BCUT2D eigenvalue weighted by Crippen LogP contribution is 2.45. The van der Waals surface area contributed by atoms with Gasteiger partial charge in [-0.2, -0.15) is 0 Å². The fourth-order valence-electron chi connectivity index (χ4n) is 7.15. The van der Waals surface area contributed by atoms with Crippen molar-refractivity contribution in [3.05, 3.63) is 53.6 Å². The van der Waals surface area contributed by atoms with Gasteiger partial charge in [-0.25, -0.2) is 13.2 Å². The van der Waals surface area contributed by atoms with Crippen LogP contribution in [0.2, 0.25) is 0 Å². The first-order valence-electron chi connectivity index (χ1n) is 17.5. The molecule has 6 rings (SSSR count). The number of carbonyl (C=O) groups excluding carboxylic acids is 5. The molecule has 1 aromatic rings. The van der Waals surface area contributed by atoms with Gasteiger partial charge in [-0.15, -0.1) is 6.58 Å². The highest BCUT2D eigenvalue weighted by atomic mass is 32.2. The number of nitrogens with zero attached hydrogens (tertiary/aromatic N) is 2. The van der Waals surface area contributed by atoms with Gasteiger partial charge in [0.1, 0.15) is 23.7 Å². The van der Waals surface area contributed by atoms with Gasteiger partial charge in [0.15, 0.2) is 0 Å². The predicted molar refractivity (Wildman–Crippen MR) is 184 cm³/mol. The third kappa shape index (κ3) is 7.31. The van der Waals surface area contributed by atoms with Crippen LogP contribution in [0.5, 0.6) is 0 Å². The molecule has 4 bridgehead atoms. The van der Waals surface area contributed by atoms with Crippen LogP contribution in [0.15, 0.2) is 36.9 Å². The minimum absolute atomic E-state index is 0.0558. The van der Waals surface area contributed by atoms with Gasteiger partial charge in [0, 0.05) is 25.3 Å². The number of amides is 5. The lowest BCUT2D eigenvalue weighted by Gasteiger charge is -2.35. The average molecular weight is 710 g/mol. The Balaban J connectivity index is 1.27. The van der Waals surface area contributed by atoms with Crippen molar-refractivity contribution in [2.24, 2.45) is 11.3 Å². The lowest BCUT2D eigenvalue weighted by Crippen LogP contribution is -2.60. The van der Waals surface area contributed by atoms with Gasteiger partial charge < -0.3 is 20.3 Å². The van der Waals surface area contributed by atoms with Gasteiger partial charge in [0.25, 0.3) is 5.91 Å². The highest BCUT2D eigenvalue weighted by molar-refractivity contribution is 7.91. The van der Waals surface area contributed by atoms with E-state index in [-0.39, 0.29) is 31.7 Å². The molecule has 5 atom stereocenters. The van der Waals surface area contributed by atoms with Crippen LogP contribution in [0.4, 0.5) is 4.79 Å². The van der Waals surface area contributed by atoms with Crippen LogP contribution in [-0.4, -0.2) is 83.5 Å². The Labute approximate surface area is 293 Å². The summed E-state index contributed by atoms with van der Waals surface area (Å²) in [5.74, 6) is -2.87. The van der Waals surface area contributed by atoms with Gasteiger partial charge in [-0.1, -0.05) is 57.2 Å². The zero-order valence-corrected chi connectivity index (χ0v) is 29.7. The molecule has 0 aromatic heterocycles. The average Bonchev–Trinajstić information content (AvgIpc) is 3.94. The Morgan fingerprint density at radius 3 is 2.56 bits per heavy atom. The zero-order valence-electron chi connectivity index (χ0n) is 28.9. The van der Waals surface area contributed by atoms with Gasteiger partial charge >= 0.3 is 6.09 Å². The number of hydrogen-bond acceptors (Lipinski definition) is 8. The number of nitrogens with one attached hydrogen (secondary N) is 3. The summed E-state index contributed by atoms with van der Waals surface area (Å²) in [5.41, 5.74) is 0.749. The van der Waals surface area contributed by atoms with Crippen molar-refractivity contribution in [2.75, 3.05) is 6.54 Å². The molecule has 1 aromatic carbocycles. The second kappa shape index (κ2) is 13.5. The van der Waals surface area contributed by atoms with Crippen molar-refractivity contribution in [2.45, 2.75) is 114 Å². The van der Waals surface area contributed by atoms with Crippen LogP contribution < -0.4 is 15.4 Å². The molecule has 2 saturated carbocycles. The molecular formula is C36H47N5O8S. The largest absolute Gasteiger partial charge is 0.444 e. The van der Waals surface area contributed by atoms with Crippen LogP contribution in [-0.2, 0) is 47.0 Å². The third-order valence-electron chi connectivity index (χ3n) is 10.4. The van der Waals surface area contributed by atoms with E-state index in [0.29, 0.717) is 32.4 Å². The predicted octanol–water partition coefficient (Wildman–Crippen LogP) is 2.90. The number of hydrogen-bond donors (Lipinski definition) is 3. The van der Waals surface area contributed by atoms with Crippen LogP contribution in [0, 0.1) is 11.3 Å².